The fourth-order valence-corrected chi connectivity index (χ4v) is 4.25. The first kappa shape index (κ1) is 19.3. The molecular weight excluding hydrogens is 396 g/mol. The lowest BCUT2D eigenvalue weighted by Crippen LogP contribution is -2.53. The molecule has 4 rings (SSSR count). The molecule has 0 aromatic carbocycles. The van der Waals surface area contributed by atoms with Crippen LogP contribution in [0.25, 0.3) is 0 Å². The van der Waals surface area contributed by atoms with Crippen LogP contribution in [0.15, 0.2) is 41.8 Å². The van der Waals surface area contributed by atoms with E-state index in [-0.39, 0.29) is 5.50 Å². The second-order valence-corrected chi connectivity index (χ2v) is 7.88. The molecule has 0 amide bonds. The van der Waals surface area contributed by atoms with E-state index in [1.807, 2.05) is 18.3 Å². The first-order valence-electron chi connectivity index (χ1n) is 9.29. The van der Waals surface area contributed by atoms with Crippen molar-refractivity contribution in [2.75, 3.05) is 43.9 Å². The molecule has 0 saturated carbocycles. The van der Waals surface area contributed by atoms with Gasteiger partial charge >= 0.3 is 0 Å². The van der Waals surface area contributed by atoms with Crippen LogP contribution in [0.2, 0.25) is 5.02 Å². The number of hydrogen-bond donors (Lipinski definition) is 1. The molecular formula is C19H23ClN6OS. The first-order chi connectivity index (χ1) is 13.8. The van der Waals surface area contributed by atoms with Gasteiger partial charge in [-0.2, -0.15) is 5.10 Å². The Labute approximate surface area is 174 Å². The van der Waals surface area contributed by atoms with Crippen molar-refractivity contribution in [1.29, 1.82) is 0 Å². The Bertz CT molecular complexity index is 828. The maximum Gasteiger partial charge on any atom is 0.165 e. The summed E-state index contributed by atoms with van der Waals surface area (Å²) < 4.78 is 5.66. The highest BCUT2D eigenvalue weighted by molar-refractivity contribution is 7.99. The average molecular weight is 419 g/mol. The summed E-state index contributed by atoms with van der Waals surface area (Å²) in [4.78, 5) is 13.6. The van der Waals surface area contributed by atoms with Crippen molar-refractivity contribution in [3.8, 4) is 5.75 Å². The lowest BCUT2D eigenvalue weighted by Gasteiger charge is -2.38. The lowest BCUT2D eigenvalue weighted by atomic mass is 10.1. The molecule has 0 aliphatic carbocycles. The van der Waals surface area contributed by atoms with Crippen LogP contribution < -0.4 is 15.1 Å². The van der Waals surface area contributed by atoms with Crippen LogP contribution in [0.3, 0.4) is 0 Å². The molecule has 0 radical (unpaired) electrons. The van der Waals surface area contributed by atoms with Crippen molar-refractivity contribution in [3.05, 3.63) is 47.4 Å². The molecule has 1 fully saturated rings. The second-order valence-electron chi connectivity index (χ2n) is 6.56. The van der Waals surface area contributed by atoms with E-state index in [4.69, 9.17) is 16.3 Å². The predicted octanol–water partition coefficient (Wildman–Crippen LogP) is 2.68. The van der Waals surface area contributed by atoms with Crippen molar-refractivity contribution >= 4 is 34.9 Å². The number of aromatic nitrogens is 2. The van der Waals surface area contributed by atoms with Gasteiger partial charge in [-0.15, -0.1) is 11.8 Å². The highest BCUT2D eigenvalue weighted by Crippen LogP contribution is 2.31. The fraction of sp³-hybridized carbons (Fsp3) is 0.421. The number of hydrazone groups is 1. The van der Waals surface area contributed by atoms with Gasteiger partial charge in [-0.1, -0.05) is 17.7 Å². The minimum atomic E-state index is 0.101. The molecule has 7 nitrogen and oxygen atoms in total. The molecule has 4 heterocycles. The summed E-state index contributed by atoms with van der Waals surface area (Å²) in [6.07, 6.45) is 6.34. The second kappa shape index (κ2) is 8.98. The van der Waals surface area contributed by atoms with Gasteiger partial charge < -0.3 is 9.64 Å². The number of anilines is 1. The molecule has 0 bridgehead atoms. The van der Waals surface area contributed by atoms with Crippen LogP contribution in [0, 0.1) is 0 Å². The van der Waals surface area contributed by atoms with Gasteiger partial charge in [-0.25, -0.2) is 4.98 Å². The van der Waals surface area contributed by atoms with Gasteiger partial charge in [0.25, 0.3) is 0 Å². The zero-order valence-electron chi connectivity index (χ0n) is 15.7. The maximum absolute atomic E-state index is 6.22. The zero-order valence-corrected chi connectivity index (χ0v) is 17.3. The van der Waals surface area contributed by atoms with E-state index >= 15 is 0 Å². The van der Waals surface area contributed by atoms with Crippen LogP contribution in [-0.4, -0.2) is 65.1 Å². The topological polar surface area (TPSA) is 65.9 Å². The standard InChI is InChI=1S/C19H23ClN6OS/c1-28-19(26-11-9-25(10-12-26)16-4-2-3-7-21-16)24-23-15-6-13-27-18-14(20)5-8-22-17(15)18/h2-5,7-8,19,24H,6,9-13H2,1H3/b23-15-. The molecule has 148 valence electrons. The van der Waals surface area contributed by atoms with E-state index in [0.29, 0.717) is 23.8 Å². The molecule has 1 N–H and O–H groups in total. The number of hydrogen-bond acceptors (Lipinski definition) is 8. The number of thioether (sulfide) groups is 1. The smallest absolute Gasteiger partial charge is 0.165 e. The van der Waals surface area contributed by atoms with Crippen molar-refractivity contribution in [2.45, 2.75) is 11.9 Å². The van der Waals surface area contributed by atoms with E-state index in [1.165, 1.54) is 0 Å². The molecule has 1 saturated heterocycles. The number of rotatable bonds is 5. The lowest BCUT2D eigenvalue weighted by molar-refractivity contribution is 0.217. The van der Waals surface area contributed by atoms with Crippen LogP contribution in [0.5, 0.6) is 5.75 Å². The molecule has 2 aliphatic heterocycles. The Balaban J connectivity index is 1.40. The average Bonchev–Trinajstić information content (AvgIpc) is 2.76. The molecule has 28 heavy (non-hydrogen) atoms. The Morgan fingerprint density at radius 3 is 2.79 bits per heavy atom. The number of halogens is 1. The third-order valence-electron chi connectivity index (χ3n) is 4.87. The summed E-state index contributed by atoms with van der Waals surface area (Å²) in [5, 5.41) is 5.24. The third kappa shape index (κ3) is 4.19. The number of ether oxygens (including phenoxy) is 1. The van der Waals surface area contributed by atoms with Gasteiger partial charge in [0.1, 0.15) is 17.0 Å². The number of piperazine rings is 1. The van der Waals surface area contributed by atoms with Gasteiger partial charge in [-0.3, -0.25) is 15.3 Å². The fourth-order valence-electron chi connectivity index (χ4n) is 3.39. The van der Waals surface area contributed by atoms with Gasteiger partial charge in [0, 0.05) is 45.0 Å². The normalized spacial score (nSPS) is 19.8. The maximum atomic E-state index is 6.22. The van der Waals surface area contributed by atoms with Crippen LogP contribution in [0.4, 0.5) is 5.82 Å². The van der Waals surface area contributed by atoms with Crippen LogP contribution in [0.1, 0.15) is 12.1 Å². The van der Waals surface area contributed by atoms with Gasteiger partial charge in [0.15, 0.2) is 5.75 Å². The predicted molar refractivity (Wildman–Crippen MR) is 114 cm³/mol. The SMILES string of the molecule is CSC(N/N=C1/CCOc2c(Cl)ccnc21)N1CCN(c2ccccn2)CC1. The van der Waals surface area contributed by atoms with Crippen molar-refractivity contribution in [2.24, 2.45) is 5.10 Å². The van der Waals surface area contributed by atoms with Crippen molar-refractivity contribution in [3.63, 3.8) is 0 Å². The Hall–Kier alpha value is -2.03. The summed E-state index contributed by atoms with van der Waals surface area (Å²) in [7, 11) is 0. The summed E-state index contributed by atoms with van der Waals surface area (Å²) >= 11 is 7.96. The van der Waals surface area contributed by atoms with E-state index in [9.17, 15) is 0 Å². The molecule has 9 heteroatoms. The zero-order chi connectivity index (χ0) is 19.3. The molecule has 1 unspecified atom stereocenters. The molecule has 2 aliphatic rings. The molecule has 2 aromatic heterocycles. The molecule has 0 spiro atoms. The van der Waals surface area contributed by atoms with E-state index in [0.717, 1.165) is 43.4 Å². The molecule has 1 atom stereocenters. The van der Waals surface area contributed by atoms with Crippen LogP contribution >= 0.6 is 23.4 Å². The summed E-state index contributed by atoms with van der Waals surface area (Å²) in [6, 6.07) is 7.78. The summed E-state index contributed by atoms with van der Waals surface area (Å²) in [6.45, 7) is 4.35. The Morgan fingerprint density at radius 1 is 1.18 bits per heavy atom. The Morgan fingerprint density at radius 2 is 2.04 bits per heavy atom. The van der Waals surface area contributed by atoms with E-state index in [1.54, 1.807) is 24.0 Å². The number of nitrogens with zero attached hydrogens (tertiary/aromatic N) is 5. The third-order valence-corrected chi connectivity index (χ3v) is 6.02. The monoisotopic (exact) mass is 418 g/mol. The largest absolute Gasteiger partial charge is 0.489 e. The van der Waals surface area contributed by atoms with E-state index in [2.05, 4.69) is 42.6 Å². The van der Waals surface area contributed by atoms with Crippen LogP contribution in [-0.2, 0) is 0 Å². The van der Waals surface area contributed by atoms with Crippen molar-refractivity contribution < 1.29 is 4.74 Å². The number of pyridine rings is 2. The highest BCUT2D eigenvalue weighted by Gasteiger charge is 2.25. The Kier molecular flexibility index (Phi) is 6.19. The minimum absolute atomic E-state index is 0.101. The highest BCUT2D eigenvalue weighted by atomic mass is 35.5. The van der Waals surface area contributed by atoms with E-state index < -0.39 is 0 Å². The number of nitrogens with one attached hydrogen (secondary N) is 1. The summed E-state index contributed by atoms with van der Waals surface area (Å²) in [5.74, 6) is 1.67. The number of fused-ring (bicyclic) bond motifs is 1. The summed E-state index contributed by atoms with van der Waals surface area (Å²) in [5.41, 5.74) is 5.04. The quantitative estimate of drug-likeness (QED) is 0.591. The van der Waals surface area contributed by atoms with Crippen molar-refractivity contribution in [1.82, 2.24) is 20.3 Å². The van der Waals surface area contributed by atoms with Gasteiger partial charge in [0.2, 0.25) is 0 Å². The van der Waals surface area contributed by atoms with Gasteiger partial charge in [0.05, 0.1) is 17.3 Å². The van der Waals surface area contributed by atoms with Gasteiger partial charge in [-0.05, 0) is 24.5 Å². The molecule has 2 aromatic rings. The minimum Gasteiger partial charge on any atom is -0.489 e. The first-order valence-corrected chi connectivity index (χ1v) is 11.0.